The van der Waals surface area contributed by atoms with Crippen LogP contribution in [0.25, 0.3) is 0 Å². The lowest BCUT2D eigenvalue weighted by Gasteiger charge is -2.07. The normalized spacial score (nSPS) is 10.7. The second-order valence-electron chi connectivity index (χ2n) is 6.07. The van der Waals surface area contributed by atoms with Gasteiger partial charge in [-0.15, -0.1) is 0 Å². The van der Waals surface area contributed by atoms with Crippen molar-refractivity contribution < 1.29 is 19.0 Å². The molecule has 0 aromatic heterocycles. The van der Waals surface area contributed by atoms with Crippen LogP contribution in [0.5, 0.6) is 17.2 Å². The minimum atomic E-state index is -0.114. The number of carbonyl (C=O) groups excluding carboxylic acids is 1. The molecule has 0 aliphatic rings. The zero-order valence-electron chi connectivity index (χ0n) is 16.2. The zero-order chi connectivity index (χ0) is 19.6. The molecule has 1 amide bonds. The Morgan fingerprint density at radius 1 is 1.00 bits per heavy atom. The number of hydrogen-bond donors (Lipinski definition) is 1. The lowest BCUT2D eigenvalue weighted by molar-refractivity contribution is -0.121. The van der Waals surface area contributed by atoms with Crippen LogP contribution in [0.1, 0.15) is 29.5 Å². The van der Waals surface area contributed by atoms with Gasteiger partial charge in [0.2, 0.25) is 5.91 Å². The Bertz CT molecular complexity index is 803. The molecule has 0 atom stereocenters. The van der Waals surface area contributed by atoms with Gasteiger partial charge in [-0.1, -0.05) is 12.1 Å². The summed E-state index contributed by atoms with van der Waals surface area (Å²) in [5.74, 6) is 2.02. The molecule has 0 fully saturated rings. The van der Waals surface area contributed by atoms with Crippen molar-refractivity contribution in [2.45, 2.75) is 26.2 Å². The van der Waals surface area contributed by atoms with Gasteiger partial charge in [-0.2, -0.15) is 5.10 Å². The molecule has 6 nitrogen and oxygen atoms in total. The second-order valence-corrected chi connectivity index (χ2v) is 6.07. The van der Waals surface area contributed by atoms with Crippen molar-refractivity contribution in [3.05, 3.63) is 53.1 Å². The maximum Gasteiger partial charge on any atom is 0.240 e. The van der Waals surface area contributed by atoms with Gasteiger partial charge in [0.05, 0.1) is 27.5 Å². The van der Waals surface area contributed by atoms with Gasteiger partial charge in [-0.05, 0) is 60.7 Å². The first-order valence-corrected chi connectivity index (χ1v) is 8.74. The van der Waals surface area contributed by atoms with Crippen LogP contribution in [-0.2, 0) is 11.2 Å². The number of benzene rings is 2. The molecule has 2 aromatic carbocycles. The van der Waals surface area contributed by atoms with Crippen molar-refractivity contribution in [3.63, 3.8) is 0 Å². The molecule has 6 heteroatoms. The van der Waals surface area contributed by atoms with Crippen molar-refractivity contribution in [1.29, 1.82) is 0 Å². The molecule has 1 N–H and O–H groups in total. The van der Waals surface area contributed by atoms with Crippen LogP contribution in [0.4, 0.5) is 0 Å². The molecule has 0 bridgehead atoms. The topological polar surface area (TPSA) is 69.2 Å². The van der Waals surface area contributed by atoms with Gasteiger partial charge < -0.3 is 14.2 Å². The van der Waals surface area contributed by atoms with Gasteiger partial charge in [0, 0.05) is 6.42 Å². The van der Waals surface area contributed by atoms with Crippen LogP contribution in [-0.4, -0.2) is 33.5 Å². The summed E-state index contributed by atoms with van der Waals surface area (Å²) < 4.78 is 15.7. The Morgan fingerprint density at radius 3 is 2.37 bits per heavy atom. The molecular weight excluding hydrogens is 344 g/mol. The van der Waals surface area contributed by atoms with Crippen molar-refractivity contribution in [2.75, 3.05) is 21.3 Å². The lowest BCUT2D eigenvalue weighted by atomic mass is 10.1. The Labute approximate surface area is 160 Å². The number of methoxy groups -OCH3 is 3. The first kappa shape index (κ1) is 20.3. The van der Waals surface area contributed by atoms with E-state index in [9.17, 15) is 4.79 Å². The third-order valence-corrected chi connectivity index (χ3v) is 4.14. The monoisotopic (exact) mass is 370 g/mol. The largest absolute Gasteiger partial charge is 0.496 e. The summed E-state index contributed by atoms with van der Waals surface area (Å²) in [4.78, 5) is 11.9. The van der Waals surface area contributed by atoms with Gasteiger partial charge in [0.25, 0.3) is 0 Å². The summed E-state index contributed by atoms with van der Waals surface area (Å²) in [6.45, 7) is 2.01. The third-order valence-electron chi connectivity index (χ3n) is 4.14. The predicted molar refractivity (Wildman–Crippen MR) is 106 cm³/mol. The highest BCUT2D eigenvalue weighted by atomic mass is 16.5. The molecule has 0 unspecified atom stereocenters. The van der Waals surface area contributed by atoms with Gasteiger partial charge in [0.1, 0.15) is 5.75 Å². The fraction of sp³-hybridized carbons (Fsp3) is 0.333. The molecule has 0 spiro atoms. The average molecular weight is 370 g/mol. The summed E-state index contributed by atoms with van der Waals surface area (Å²) in [7, 11) is 4.82. The van der Waals surface area contributed by atoms with Crippen LogP contribution in [0, 0.1) is 6.92 Å². The molecule has 0 aliphatic carbocycles. The Hall–Kier alpha value is -3.02. The Kier molecular flexibility index (Phi) is 7.67. The number of nitrogens with one attached hydrogen (secondary N) is 1. The molecule has 0 heterocycles. The van der Waals surface area contributed by atoms with Crippen molar-refractivity contribution in [2.24, 2.45) is 5.10 Å². The Morgan fingerprint density at radius 2 is 1.70 bits per heavy atom. The van der Waals surface area contributed by atoms with E-state index in [-0.39, 0.29) is 5.91 Å². The Balaban J connectivity index is 1.79. The molecule has 0 radical (unpaired) electrons. The lowest BCUT2D eigenvalue weighted by Crippen LogP contribution is -2.17. The molecule has 0 saturated heterocycles. The van der Waals surface area contributed by atoms with Gasteiger partial charge in [-0.25, -0.2) is 5.43 Å². The van der Waals surface area contributed by atoms with E-state index in [0.717, 1.165) is 29.7 Å². The maximum absolute atomic E-state index is 11.9. The summed E-state index contributed by atoms with van der Waals surface area (Å²) in [6.07, 6.45) is 3.57. The van der Waals surface area contributed by atoms with E-state index < -0.39 is 0 Å². The molecule has 0 aliphatic heterocycles. The molecule has 144 valence electrons. The molecule has 2 rings (SSSR count). The maximum atomic E-state index is 11.9. The molecular formula is C21H26N2O4. The quantitative estimate of drug-likeness (QED) is 0.542. The van der Waals surface area contributed by atoms with E-state index in [1.807, 2.05) is 25.1 Å². The summed E-state index contributed by atoms with van der Waals surface area (Å²) in [6, 6.07) is 11.5. The van der Waals surface area contributed by atoms with Gasteiger partial charge >= 0.3 is 0 Å². The summed E-state index contributed by atoms with van der Waals surface area (Å²) >= 11 is 0. The van der Waals surface area contributed by atoms with Gasteiger partial charge in [0.15, 0.2) is 11.5 Å². The van der Waals surface area contributed by atoms with Crippen LogP contribution in [0.15, 0.2) is 41.5 Å². The van der Waals surface area contributed by atoms with Gasteiger partial charge in [-0.3, -0.25) is 4.79 Å². The number of aryl methyl sites for hydroxylation is 2. The third kappa shape index (κ3) is 6.02. The van der Waals surface area contributed by atoms with Crippen LogP contribution in [0.3, 0.4) is 0 Å². The smallest absolute Gasteiger partial charge is 0.240 e. The van der Waals surface area contributed by atoms with E-state index in [2.05, 4.69) is 16.6 Å². The minimum absolute atomic E-state index is 0.114. The van der Waals surface area contributed by atoms with E-state index in [0.29, 0.717) is 17.9 Å². The fourth-order valence-electron chi connectivity index (χ4n) is 2.72. The summed E-state index contributed by atoms with van der Waals surface area (Å²) in [5, 5.41) is 4.00. The van der Waals surface area contributed by atoms with E-state index in [4.69, 9.17) is 14.2 Å². The van der Waals surface area contributed by atoms with Crippen molar-refractivity contribution >= 4 is 12.1 Å². The average Bonchev–Trinajstić information content (AvgIpc) is 2.68. The fourth-order valence-corrected chi connectivity index (χ4v) is 2.72. The number of hydrogen-bond acceptors (Lipinski definition) is 5. The number of ether oxygens (including phenoxy) is 3. The van der Waals surface area contributed by atoms with Crippen LogP contribution in [0.2, 0.25) is 0 Å². The molecule has 0 saturated carbocycles. The first-order chi connectivity index (χ1) is 13.1. The van der Waals surface area contributed by atoms with E-state index in [1.165, 1.54) is 5.56 Å². The zero-order valence-corrected chi connectivity index (χ0v) is 16.2. The highest BCUT2D eigenvalue weighted by Crippen LogP contribution is 2.26. The van der Waals surface area contributed by atoms with Crippen molar-refractivity contribution in [1.82, 2.24) is 5.43 Å². The van der Waals surface area contributed by atoms with Crippen molar-refractivity contribution in [3.8, 4) is 17.2 Å². The SMILES string of the molecule is COc1ccc(CCCC(=O)NN=Cc2ccc(OC)c(OC)c2)cc1C. The predicted octanol–water partition coefficient (Wildman–Crippen LogP) is 3.49. The van der Waals surface area contributed by atoms with Crippen LogP contribution >= 0.6 is 0 Å². The standard InChI is InChI=1S/C21H26N2O4/c1-15-12-16(8-10-18(15)25-2)6-5-7-21(24)23-22-14-17-9-11-19(26-3)20(13-17)27-4/h8-14H,5-7H2,1-4H3,(H,23,24). The van der Waals surface area contributed by atoms with E-state index >= 15 is 0 Å². The van der Waals surface area contributed by atoms with Crippen LogP contribution < -0.4 is 19.6 Å². The number of amides is 1. The number of nitrogens with zero attached hydrogens (tertiary/aromatic N) is 1. The number of hydrazone groups is 1. The van der Waals surface area contributed by atoms with E-state index in [1.54, 1.807) is 39.7 Å². The first-order valence-electron chi connectivity index (χ1n) is 8.74. The number of rotatable bonds is 9. The number of carbonyl (C=O) groups is 1. The highest BCUT2D eigenvalue weighted by molar-refractivity contribution is 5.83. The second kappa shape index (κ2) is 10.2. The summed E-state index contributed by atoms with van der Waals surface area (Å²) in [5.41, 5.74) is 5.64. The minimum Gasteiger partial charge on any atom is -0.496 e. The molecule has 27 heavy (non-hydrogen) atoms. The highest BCUT2D eigenvalue weighted by Gasteiger charge is 2.04. The molecule has 2 aromatic rings.